The van der Waals surface area contributed by atoms with E-state index in [2.05, 4.69) is 20.6 Å². The SMILES string of the molecule is Cc1nc(CN2CCC(C(=O)Nc3ccc(F)c(S(=O)(=O)N4CCOCC4)c3)CC2)cs1. The zero-order chi connectivity index (χ0) is 22.7. The molecule has 2 aliphatic rings. The maximum absolute atomic E-state index is 14.4. The summed E-state index contributed by atoms with van der Waals surface area (Å²) < 4.78 is 46.5. The molecular weight excluding hydrogens is 455 g/mol. The number of carbonyl (C=O) groups is 1. The van der Waals surface area contributed by atoms with Crippen LogP contribution < -0.4 is 5.32 Å². The van der Waals surface area contributed by atoms with E-state index >= 15 is 0 Å². The number of benzene rings is 1. The molecular formula is C21H27FN4O4S2. The third-order valence-corrected chi connectivity index (χ3v) is 8.53. The largest absolute Gasteiger partial charge is 0.379 e. The quantitative estimate of drug-likeness (QED) is 0.680. The third-order valence-electron chi connectivity index (χ3n) is 5.80. The van der Waals surface area contributed by atoms with Gasteiger partial charge in [0.15, 0.2) is 0 Å². The minimum atomic E-state index is -4.00. The van der Waals surface area contributed by atoms with Crippen molar-refractivity contribution >= 4 is 33.0 Å². The summed E-state index contributed by atoms with van der Waals surface area (Å²) in [6.45, 7) is 5.24. The number of hydrogen-bond donors (Lipinski definition) is 1. The van der Waals surface area contributed by atoms with Gasteiger partial charge in [-0.15, -0.1) is 11.3 Å². The number of thiazole rings is 1. The number of aryl methyl sites for hydroxylation is 1. The number of nitrogens with one attached hydrogen (secondary N) is 1. The van der Waals surface area contributed by atoms with Gasteiger partial charge < -0.3 is 10.1 Å². The lowest BCUT2D eigenvalue weighted by molar-refractivity contribution is -0.121. The van der Waals surface area contributed by atoms with Crippen LogP contribution in [0.5, 0.6) is 0 Å². The van der Waals surface area contributed by atoms with Crippen LogP contribution in [0, 0.1) is 18.7 Å². The number of piperidine rings is 1. The Kier molecular flexibility index (Phi) is 7.21. The van der Waals surface area contributed by atoms with Crippen LogP contribution in [0.4, 0.5) is 10.1 Å². The lowest BCUT2D eigenvalue weighted by atomic mass is 9.95. The molecule has 0 radical (unpaired) electrons. The predicted octanol–water partition coefficient (Wildman–Crippen LogP) is 2.46. The van der Waals surface area contributed by atoms with Crippen LogP contribution >= 0.6 is 11.3 Å². The van der Waals surface area contributed by atoms with Gasteiger partial charge in [0, 0.05) is 36.6 Å². The van der Waals surface area contributed by atoms with E-state index < -0.39 is 20.7 Å². The molecule has 3 heterocycles. The van der Waals surface area contributed by atoms with E-state index in [1.165, 1.54) is 16.4 Å². The summed E-state index contributed by atoms with van der Waals surface area (Å²) in [5, 5.41) is 5.89. The maximum atomic E-state index is 14.4. The summed E-state index contributed by atoms with van der Waals surface area (Å²) >= 11 is 1.63. The highest BCUT2D eigenvalue weighted by Crippen LogP contribution is 2.26. The fourth-order valence-corrected chi connectivity index (χ4v) is 6.11. The highest BCUT2D eigenvalue weighted by Gasteiger charge is 2.30. The van der Waals surface area contributed by atoms with Crippen molar-refractivity contribution in [1.29, 1.82) is 0 Å². The summed E-state index contributed by atoms with van der Waals surface area (Å²) in [6, 6.07) is 3.68. The molecule has 0 saturated carbocycles. The minimum absolute atomic E-state index is 0.171. The summed E-state index contributed by atoms with van der Waals surface area (Å²) in [7, 11) is -4.00. The van der Waals surface area contributed by atoms with Crippen LogP contribution in [-0.2, 0) is 26.1 Å². The van der Waals surface area contributed by atoms with Crippen molar-refractivity contribution in [3.05, 3.63) is 40.1 Å². The van der Waals surface area contributed by atoms with Gasteiger partial charge in [0.25, 0.3) is 0 Å². The fourth-order valence-electron chi connectivity index (χ4n) is 4.01. The molecule has 1 aromatic heterocycles. The molecule has 2 aromatic rings. The van der Waals surface area contributed by atoms with Crippen molar-refractivity contribution in [1.82, 2.24) is 14.2 Å². The second-order valence-corrected chi connectivity index (χ2v) is 11.0. The summed E-state index contributed by atoms with van der Waals surface area (Å²) in [5.41, 5.74) is 1.33. The molecule has 1 aromatic carbocycles. The zero-order valence-corrected chi connectivity index (χ0v) is 19.6. The molecule has 11 heteroatoms. The Bertz CT molecular complexity index is 1060. The maximum Gasteiger partial charge on any atom is 0.246 e. The first kappa shape index (κ1) is 23.2. The Hall–Kier alpha value is -1.92. The number of aromatic nitrogens is 1. The molecule has 0 bridgehead atoms. The molecule has 0 aliphatic carbocycles. The molecule has 0 unspecified atom stereocenters. The lowest BCUT2D eigenvalue weighted by Crippen LogP contribution is -2.41. The van der Waals surface area contributed by atoms with E-state index in [4.69, 9.17) is 4.74 Å². The molecule has 8 nitrogen and oxygen atoms in total. The first-order valence-corrected chi connectivity index (χ1v) is 13.0. The van der Waals surface area contributed by atoms with Gasteiger partial charge in [-0.2, -0.15) is 4.31 Å². The molecule has 1 amide bonds. The molecule has 174 valence electrons. The normalized spacial score (nSPS) is 19.2. The van der Waals surface area contributed by atoms with E-state index in [9.17, 15) is 17.6 Å². The number of rotatable bonds is 6. The number of sulfonamides is 1. The highest BCUT2D eigenvalue weighted by atomic mass is 32.2. The first-order valence-electron chi connectivity index (χ1n) is 10.6. The Balaban J connectivity index is 1.37. The standard InChI is InChI=1S/C21H27FN4O4S2/c1-15-23-18(14-31-15)13-25-6-4-16(5-7-25)21(27)24-17-2-3-19(22)20(12-17)32(28,29)26-8-10-30-11-9-26/h2-3,12,14,16H,4-11,13H2,1H3,(H,24,27). The number of morpholine rings is 1. The van der Waals surface area contributed by atoms with Crippen molar-refractivity contribution in [2.24, 2.45) is 5.92 Å². The second kappa shape index (κ2) is 9.92. The topological polar surface area (TPSA) is 91.8 Å². The van der Waals surface area contributed by atoms with Gasteiger partial charge in [-0.25, -0.2) is 17.8 Å². The first-order chi connectivity index (χ1) is 15.3. The summed E-state index contributed by atoms with van der Waals surface area (Å²) in [4.78, 5) is 19.1. The molecule has 2 aliphatic heterocycles. The van der Waals surface area contributed by atoms with E-state index in [-0.39, 0.29) is 43.8 Å². The number of carbonyl (C=O) groups excluding carboxylic acids is 1. The van der Waals surface area contributed by atoms with Gasteiger partial charge in [0.2, 0.25) is 15.9 Å². The molecule has 2 saturated heterocycles. The van der Waals surface area contributed by atoms with Gasteiger partial charge >= 0.3 is 0 Å². The second-order valence-electron chi connectivity index (χ2n) is 8.06. The van der Waals surface area contributed by atoms with E-state index in [1.807, 2.05) is 6.92 Å². The zero-order valence-electron chi connectivity index (χ0n) is 17.9. The monoisotopic (exact) mass is 482 g/mol. The van der Waals surface area contributed by atoms with Crippen molar-refractivity contribution in [2.75, 3.05) is 44.7 Å². The number of hydrogen-bond acceptors (Lipinski definition) is 7. The Morgan fingerprint density at radius 2 is 1.97 bits per heavy atom. The predicted molar refractivity (Wildman–Crippen MR) is 119 cm³/mol. The Labute approximate surface area is 191 Å². The summed E-state index contributed by atoms with van der Waals surface area (Å²) in [6.07, 6.45) is 1.41. The number of anilines is 1. The van der Waals surface area contributed by atoms with Crippen LogP contribution in [-0.4, -0.2) is 67.9 Å². The Morgan fingerprint density at radius 1 is 1.25 bits per heavy atom. The van der Waals surface area contributed by atoms with Crippen LogP contribution in [0.2, 0.25) is 0 Å². The molecule has 0 atom stereocenters. The molecule has 0 spiro atoms. The van der Waals surface area contributed by atoms with Gasteiger partial charge in [-0.1, -0.05) is 0 Å². The molecule has 1 N–H and O–H groups in total. The average molecular weight is 483 g/mol. The van der Waals surface area contributed by atoms with Crippen molar-refractivity contribution in [3.63, 3.8) is 0 Å². The summed E-state index contributed by atoms with van der Waals surface area (Å²) in [5.74, 6) is -1.18. The number of likely N-dealkylation sites (tertiary alicyclic amines) is 1. The number of halogens is 1. The van der Waals surface area contributed by atoms with Gasteiger partial charge in [-0.05, 0) is 51.1 Å². The van der Waals surface area contributed by atoms with Gasteiger partial charge in [0.05, 0.1) is 23.9 Å². The fraction of sp³-hybridized carbons (Fsp3) is 0.524. The average Bonchev–Trinajstić information content (AvgIpc) is 3.20. The van der Waals surface area contributed by atoms with Gasteiger partial charge in [-0.3, -0.25) is 9.69 Å². The smallest absolute Gasteiger partial charge is 0.246 e. The lowest BCUT2D eigenvalue weighted by Gasteiger charge is -2.30. The van der Waals surface area contributed by atoms with Crippen LogP contribution in [0.3, 0.4) is 0 Å². The van der Waals surface area contributed by atoms with Crippen LogP contribution in [0.25, 0.3) is 0 Å². The highest BCUT2D eigenvalue weighted by molar-refractivity contribution is 7.89. The molecule has 32 heavy (non-hydrogen) atoms. The minimum Gasteiger partial charge on any atom is -0.379 e. The van der Waals surface area contributed by atoms with E-state index in [1.54, 1.807) is 11.3 Å². The van der Waals surface area contributed by atoms with E-state index in [0.717, 1.165) is 36.4 Å². The number of nitrogens with zero attached hydrogens (tertiary/aromatic N) is 3. The van der Waals surface area contributed by atoms with Crippen molar-refractivity contribution < 1.29 is 22.3 Å². The van der Waals surface area contributed by atoms with Gasteiger partial charge in [0.1, 0.15) is 10.7 Å². The third kappa shape index (κ3) is 5.34. The van der Waals surface area contributed by atoms with Crippen molar-refractivity contribution in [2.45, 2.75) is 31.2 Å². The number of ether oxygens (including phenoxy) is 1. The molecule has 2 fully saturated rings. The Morgan fingerprint density at radius 3 is 2.62 bits per heavy atom. The van der Waals surface area contributed by atoms with Crippen molar-refractivity contribution in [3.8, 4) is 0 Å². The molecule has 4 rings (SSSR count). The van der Waals surface area contributed by atoms with Crippen LogP contribution in [0.1, 0.15) is 23.5 Å². The number of amides is 1. The van der Waals surface area contributed by atoms with E-state index in [0.29, 0.717) is 12.8 Å². The van der Waals surface area contributed by atoms with Crippen LogP contribution in [0.15, 0.2) is 28.5 Å².